The van der Waals surface area contributed by atoms with Crippen LogP contribution in [0.5, 0.6) is 11.5 Å². The first-order valence-corrected chi connectivity index (χ1v) is 8.76. The van der Waals surface area contributed by atoms with Crippen molar-refractivity contribution >= 4 is 33.2 Å². The average Bonchev–Trinajstić information content (AvgIpc) is 3.20. The molecule has 0 bridgehead atoms. The van der Waals surface area contributed by atoms with E-state index in [1.807, 2.05) is 24.3 Å². The van der Waals surface area contributed by atoms with Gasteiger partial charge in [0.15, 0.2) is 11.5 Å². The third-order valence-corrected chi connectivity index (χ3v) is 5.10. The van der Waals surface area contributed by atoms with E-state index < -0.39 is 0 Å². The monoisotopic (exact) mass is 356 g/mol. The third kappa shape index (κ3) is 3.23. The summed E-state index contributed by atoms with van der Waals surface area (Å²) in [4.78, 5) is 24.3. The van der Waals surface area contributed by atoms with Crippen LogP contribution in [0.2, 0.25) is 0 Å². The number of aromatic nitrogens is 1. The van der Waals surface area contributed by atoms with Crippen LogP contribution in [0.1, 0.15) is 12.8 Å². The van der Waals surface area contributed by atoms with Gasteiger partial charge in [-0.05, 0) is 30.7 Å². The van der Waals surface area contributed by atoms with E-state index >= 15 is 0 Å². The second-order valence-electron chi connectivity index (χ2n) is 5.71. The first-order valence-electron chi connectivity index (χ1n) is 7.99. The van der Waals surface area contributed by atoms with E-state index in [0.29, 0.717) is 36.6 Å². The van der Waals surface area contributed by atoms with Crippen molar-refractivity contribution in [1.82, 2.24) is 3.96 Å². The Kier molecular flexibility index (Phi) is 4.15. The molecule has 0 fully saturated rings. The maximum absolute atomic E-state index is 12.3. The van der Waals surface area contributed by atoms with Gasteiger partial charge in [0.25, 0.3) is 5.56 Å². The van der Waals surface area contributed by atoms with Crippen LogP contribution >= 0.6 is 11.5 Å². The number of carbonyl (C=O) groups excluding carboxylic acids is 1. The zero-order chi connectivity index (χ0) is 17.2. The number of hydrogen-bond acceptors (Lipinski definition) is 5. The molecule has 1 aliphatic heterocycles. The van der Waals surface area contributed by atoms with Crippen LogP contribution in [0.15, 0.2) is 47.3 Å². The van der Waals surface area contributed by atoms with E-state index in [2.05, 4.69) is 5.32 Å². The highest BCUT2D eigenvalue weighted by molar-refractivity contribution is 7.13. The van der Waals surface area contributed by atoms with Gasteiger partial charge >= 0.3 is 0 Å². The minimum Gasteiger partial charge on any atom is -0.454 e. The quantitative estimate of drug-likeness (QED) is 0.762. The SMILES string of the molecule is O=C(CCCn1sc2ccccc2c1=O)Nc1ccc2c(c1)OCO2. The summed E-state index contributed by atoms with van der Waals surface area (Å²) in [6, 6.07) is 12.8. The highest BCUT2D eigenvalue weighted by Crippen LogP contribution is 2.34. The molecule has 0 radical (unpaired) electrons. The maximum Gasteiger partial charge on any atom is 0.268 e. The van der Waals surface area contributed by atoms with Crippen molar-refractivity contribution in [2.24, 2.45) is 0 Å². The maximum atomic E-state index is 12.3. The van der Waals surface area contributed by atoms with Gasteiger partial charge in [-0.3, -0.25) is 13.5 Å². The molecule has 2 heterocycles. The molecule has 0 atom stereocenters. The van der Waals surface area contributed by atoms with Gasteiger partial charge < -0.3 is 14.8 Å². The number of nitrogens with zero attached hydrogens (tertiary/aromatic N) is 1. The van der Waals surface area contributed by atoms with E-state index in [4.69, 9.17) is 9.47 Å². The second-order valence-corrected chi connectivity index (χ2v) is 6.78. The number of rotatable bonds is 5. The van der Waals surface area contributed by atoms with Crippen molar-refractivity contribution in [2.75, 3.05) is 12.1 Å². The fourth-order valence-corrected chi connectivity index (χ4v) is 3.78. The molecule has 4 rings (SSSR count). The van der Waals surface area contributed by atoms with Crippen molar-refractivity contribution < 1.29 is 14.3 Å². The standard InChI is InChI=1S/C18H16N2O4S/c21-17(19-12-7-8-14-15(10-12)24-11-23-14)6-3-9-20-18(22)13-4-1-2-5-16(13)25-20/h1-2,4-5,7-8,10H,3,6,9,11H2,(H,19,21). The van der Waals surface area contributed by atoms with E-state index in [0.717, 1.165) is 10.1 Å². The Morgan fingerprint density at radius 1 is 1.16 bits per heavy atom. The average molecular weight is 356 g/mol. The molecular weight excluding hydrogens is 340 g/mol. The molecule has 0 spiro atoms. The number of carbonyl (C=O) groups is 1. The summed E-state index contributed by atoms with van der Waals surface area (Å²) in [5, 5.41) is 3.57. The van der Waals surface area contributed by atoms with Crippen molar-refractivity contribution in [3.8, 4) is 11.5 Å². The van der Waals surface area contributed by atoms with Crippen molar-refractivity contribution in [2.45, 2.75) is 19.4 Å². The number of amides is 1. The predicted molar refractivity (Wildman–Crippen MR) is 96.5 cm³/mol. The first-order chi connectivity index (χ1) is 12.2. The molecule has 1 aromatic heterocycles. The number of ether oxygens (including phenoxy) is 2. The van der Waals surface area contributed by atoms with E-state index in [-0.39, 0.29) is 18.3 Å². The van der Waals surface area contributed by atoms with E-state index in [1.165, 1.54) is 11.5 Å². The predicted octanol–water partition coefficient (Wildman–Crippen LogP) is 3.21. The minimum atomic E-state index is -0.0898. The molecule has 6 nitrogen and oxygen atoms in total. The molecular formula is C18H16N2O4S. The fourth-order valence-electron chi connectivity index (χ4n) is 2.75. The summed E-state index contributed by atoms with van der Waals surface area (Å²) in [7, 11) is 0. The molecule has 7 heteroatoms. The molecule has 1 amide bonds. The summed E-state index contributed by atoms with van der Waals surface area (Å²) in [6.07, 6.45) is 0.943. The number of benzene rings is 2. The van der Waals surface area contributed by atoms with Crippen LogP contribution in [0.3, 0.4) is 0 Å². The molecule has 25 heavy (non-hydrogen) atoms. The Labute approximate surface area is 147 Å². The zero-order valence-electron chi connectivity index (χ0n) is 13.4. The zero-order valence-corrected chi connectivity index (χ0v) is 14.2. The van der Waals surface area contributed by atoms with Crippen LogP contribution < -0.4 is 20.3 Å². The molecule has 0 saturated carbocycles. The van der Waals surface area contributed by atoms with Gasteiger partial charge in [-0.2, -0.15) is 0 Å². The molecule has 1 aliphatic rings. The van der Waals surface area contributed by atoms with Gasteiger partial charge in [-0.1, -0.05) is 23.7 Å². The third-order valence-electron chi connectivity index (χ3n) is 3.97. The molecule has 0 unspecified atom stereocenters. The minimum absolute atomic E-state index is 0.0109. The number of hydrogen-bond donors (Lipinski definition) is 1. The molecule has 2 aromatic carbocycles. The highest BCUT2D eigenvalue weighted by Gasteiger charge is 2.14. The van der Waals surface area contributed by atoms with Gasteiger partial charge in [0.1, 0.15) is 0 Å². The van der Waals surface area contributed by atoms with Crippen molar-refractivity contribution in [3.63, 3.8) is 0 Å². The Morgan fingerprint density at radius 2 is 2.00 bits per heavy atom. The van der Waals surface area contributed by atoms with Crippen LogP contribution in [0.25, 0.3) is 10.1 Å². The molecule has 3 aromatic rings. The Balaban J connectivity index is 1.34. The first kappa shape index (κ1) is 15.7. The summed E-state index contributed by atoms with van der Waals surface area (Å²) in [6.45, 7) is 0.739. The molecule has 1 N–H and O–H groups in total. The Morgan fingerprint density at radius 3 is 2.88 bits per heavy atom. The fraction of sp³-hybridized carbons (Fsp3) is 0.222. The lowest BCUT2D eigenvalue weighted by molar-refractivity contribution is -0.116. The van der Waals surface area contributed by atoms with Gasteiger partial charge in [0.05, 0.1) is 10.1 Å². The topological polar surface area (TPSA) is 69.6 Å². The van der Waals surface area contributed by atoms with Gasteiger partial charge in [-0.25, -0.2) is 0 Å². The molecule has 0 aliphatic carbocycles. The Hall–Kier alpha value is -2.80. The van der Waals surface area contributed by atoms with Gasteiger partial charge in [0.2, 0.25) is 12.7 Å². The molecule has 128 valence electrons. The number of fused-ring (bicyclic) bond motifs is 2. The highest BCUT2D eigenvalue weighted by atomic mass is 32.1. The normalized spacial score (nSPS) is 12.5. The van der Waals surface area contributed by atoms with E-state index in [9.17, 15) is 9.59 Å². The molecule has 0 saturated heterocycles. The lowest BCUT2D eigenvalue weighted by Crippen LogP contribution is -2.16. The Bertz CT molecular complexity index is 992. The van der Waals surface area contributed by atoms with E-state index in [1.54, 1.807) is 22.2 Å². The number of nitrogens with one attached hydrogen (secondary N) is 1. The van der Waals surface area contributed by atoms with Gasteiger partial charge in [0, 0.05) is 24.7 Å². The number of aryl methyl sites for hydroxylation is 1. The van der Waals surface area contributed by atoms with Crippen LogP contribution in [-0.4, -0.2) is 16.7 Å². The summed E-state index contributed by atoms with van der Waals surface area (Å²) < 4.78 is 13.2. The number of anilines is 1. The van der Waals surface area contributed by atoms with Gasteiger partial charge in [-0.15, -0.1) is 0 Å². The summed E-state index contributed by atoms with van der Waals surface area (Å²) in [5.41, 5.74) is 0.685. The largest absolute Gasteiger partial charge is 0.454 e. The van der Waals surface area contributed by atoms with Crippen LogP contribution in [0.4, 0.5) is 5.69 Å². The van der Waals surface area contributed by atoms with Crippen molar-refractivity contribution in [1.29, 1.82) is 0 Å². The lowest BCUT2D eigenvalue weighted by Gasteiger charge is -2.06. The summed E-state index contributed by atoms with van der Waals surface area (Å²) >= 11 is 1.44. The van der Waals surface area contributed by atoms with Crippen LogP contribution in [-0.2, 0) is 11.3 Å². The lowest BCUT2D eigenvalue weighted by atomic mass is 10.2. The second kappa shape index (κ2) is 6.60. The van der Waals surface area contributed by atoms with Crippen molar-refractivity contribution in [3.05, 3.63) is 52.8 Å². The smallest absolute Gasteiger partial charge is 0.268 e. The summed E-state index contributed by atoms with van der Waals surface area (Å²) in [5.74, 6) is 1.23. The van der Waals surface area contributed by atoms with Crippen LogP contribution in [0, 0.1) is 0 Å².